The number of nitrogens with zero attached hydrogens (tertiary/aromatic N) is 1. The number of fused-ring (bicyclic) bond motifs is 1. The second-order valence-electron chi connectivity index (χ2n) is 11.6. The summed E-state index contributed by atoms with van der Waals surface area (Å²) in [5.74, 6) is -0.250. The lowest BCUT2D eigenvalue weighted by Gasteiger charge is -2.21. The molecule has 5 aromatic rings. The van der Waals surface area contributed by atoms with Crippen LogP contribution in [0.3, 0.4) is 0 Å². The maximum atomic E-state index is 13.0. The Labute approximate surface area is 260 Å². The number of carboxylic acids is 1. The molecule has 44 heavy (non-hydrogen) atoms. The molecule has 1 amide bonds. The van der Waals surface area contributed by atoms with Gasteiger partial charge in [0.15, 0.2) is 0 Å². The average molecular weight is 591 g/mol. The predicted octanol–water partition coefficient (Wildman–Crippen LogP) is 8.81. The molecule has 1 heterocycles. The van der Waals surface area contributed by atoms with Crippen molar-refractivity contribution in [3.8, 4) is 16.9 Å². The maximum Gasteiger partial charge on any atom is 0.336 e. The molecular weight excluding hydrogens is 548 g/mol. The van der Waals surface area contributed by atoms with E-state index in [1.165, 1.54) is 0 Å². The zero-order valence-electron chi connectivity index (χ0n) is 26.7. The molecule has 0 radical (unpaired) electrons. The summed E-state index contributed by atoms with van der Waals surface area (Å²) < 4.78 is 8.14. The van der Waals surface area contributed by atoms with Crippen molar-refractivity contribution in [3.05, 3.63) is 125 Å². The minimum Gasteiger partial charge on any atom is -0.488 e. The van der Waals surface area contributed by atoms with E-state index in [1.807, 2.05) is 113 Å². The molecule has 1 aromatic heterocycles. The Morgan fingerprint density at radius 2 is 1.48 bits per heavy atom. The van der Waals surface area contributed by atoms with Gasteiger partial charge in [0.1, 0.15) is 11.4 Å². The van der Waals surface area contributed by atoms with Crippen LogP contribution in [0.2, 0.25) is 0 Å². The highest BCUT2D eigenvalue weighted by atomic mass is 16.5. The highest BCUT2D eigenvalue weighted by Crippen LogP contribution is 2.29. The number of aromatic carboxylic acids is 1. The fourth-order valence-corrected chi connectivity index (χ4v) is 5.20. The van der Waals surface area contributed by atoms with Crippen molar-refractivity contribution in [2.24, 2.45) is 0 Å². The molecule has 5 rings (SSSR count). The van der Waals surface area contributed by atoms with Gasteiger partial charge in [-0.3, -0.25) is 4.79 Å². The minimum absolute atomic E-state index is 0.117. The number of rotatable bonds is 8. The number of benzene rings is 4. The molecule has 0 saturated heterocycles. The van der Waals surface area contributed by atoms with Gasteiger partial charge < -0.3 is 19.7 Å². The smallest absolute Gasteiger partial charge is 0.336 e. The molecule has 6 nitrogen and oxygen atoms in total. The van der Waals surface area contributed by atoms with Gasteiger partial charge in [0.05, 0.1) is 5.56 Å². The lowest BCUT2D eigenvalue weighted by atomic mass is 9.99. The average Bonchev–Trinajstić information content (AvgIpc) is 3.25. The van der Waals surface area contributed by atoms with Gasteiger partial charge >= 0.3 is 5.97 Å². The van der Waals surface area contributed by atoms with E-state index in [0.717, 1.165) is 44.6 Å². The monoisotopic (exact) mass is 590 g/mol. The highest BCUT2D eigenvalue weighted by molar-refractivity contribution is 5.99. The van der Waals surface area contributed by atoms with Gasteiger partial charge in [0.2, 0.25) is 0 Å². The maximum absolute atomic E-state index is 13.0. The Morgan fingerprint density at radius 1 is 0.841 bits per heavy atom. The van der Waals surface area contributed by atoms with Crippen LogP contribution < -0.4 is 10.1 Å². The number of hydrogen-bond donors (Lipinski definition) is 2. The molecule has 0 unspecified atom stereocenters. The molecule has 0 spiro atoms. The van der Waals surface area contributed by atoms with Gasteiger partial charge in [0.25, 0.3) is 5.91 Å². The molecule has 0 aliphatic heterocycles. The molecule has 0 saturated carbocycles. The SMILES string of the molecule is CC.Cc1c(C)n(Cc2ccc(-c3ccccc3C(=O)O)cc2)c2ccc(C(=O)NCc3ccc(OC(C)(C)C)cc3)cc12. The van der Waals surface area contributed by atoms with Crippen LogP contribution >= 0.6 is 0 Å². The standard InChI is InChI=1S/C36H36N2O4.C2H6/c1-23-24(2)38(22-26-10-14-27(15-11-26)30-8-6-7-9-31(30)35(40)41)33-19-16-28(20-32(23)33)34(39)37-21-25-12-17-29(18-13-25)42-36(3,4)5;1-2/h6-20H,21-22H2,1-5H3,(H,37,39)(H,40,41);1-2H3. The molecule has 2 N–H and O–H groups in total. The zero-order valence-corrected chi connectivity index (χ0v) is 26.7. The van der Waals surface area contributed by atoms with Crippen molar-refractivity contribution in [2.45, 2.75) is 67.2 Å². The summed E-state index contributed by atoms with van der Waals surface area (Å²) in [6.07, 6.45) is 0. The molecule has 0 aliphatic carbocycles. The number of carbonyl (C=O) groups is 2. The third-order valence-electron chi connectivity index (χ3n) is 7.46. The van der Waals surface area contributed by atoms with Gasteiger partial charge in [0, 0.05) is 35.2 Å². The lowest BCUT2D eigenvalue weighted by Crippen LogP contribution is -2.23. The van der Waals surface area contributed by atoms with E-state index in [0.29, 0.717) is 24.2 Å². The van der Waals surface area contributed by atoms with Crippen molar-refractivity contribution in [2.75, 3.05) is 0 Å². The topological polar surface area (TPSA) is 80.6 Å². The zero-order chi connectivity index (χ0) is 32.0. The van der Waals surface area contributed by atoms with E-state index in [4.69, 9.17) is 4.74 Å². The Hall–Kier alpha value is -4.84. The summed E-state index contributed by atoms with van der Waals surface area (Å²) in [6, 6.07) is 28.7. The molecule has 4 aromatic carbocycles. The van der Waals surface area contributed by atoms with E-state index in [1.54, 1.807) is 12.1 Å². The van der Waals surface area contributed by atoms with Gasteiger partial charge in [-0.15, -0.1) is 0 Å². The fraction of sp³-hybridized carbons (Fsp3) is 0.263. The van der Waals surface area contributed by atoms with Crippen LogP contribution in [0, 0.1) is 13.8 Å². The number of hydrogen-bond acceptors (Lipinski definition) is 3. The van der Waals surface area contributed by atoms with Crippen LogP contribution in [0.5, 0.6) is 5.75 Å². The van der Waals surface area contributed by atoms with Crippen molar-refractivity contribution >= 4 is 22.8 Å². The quantitative estimate of drug-likeness (QED) is 0.189. The number of amides is 1. The summed E-state index contributed by atoms with van der Waals surface area (Å²) in [4.78, 5) is 24.7. The van der Waals surface area contributed by atoms with E-state index < -0.39 is 5.97 Å². The predicted molar refractivity (Wildman–Crippen MR) is 179 cm³/mol. The first-order valence-electron chi connectivity index (χ1n) is 15.1. The Balaban J connectivity index is 0.00000216. The van der Waals surface area contributed by atoms with Crippen LogP contribution in [0.1, 0.15) is 77.7 Å². The second kappa shape index (κ2) is 13.6. The van der Waals surface area contributed by atoms with E-state index in [9.17, 15) is 14.7 Å². The first-order chi connectivity index (χ1) is 21.0. The highest BCUT2D eigenvalue weighted by Gasteiger charge is 2.16. The number of carbonyl (C=O) groups excluding carboxylic acids is 1. The Kier molecular flexibility index (Phi) is 9.94. The summed E-state index contributed by atoms with van der Waals surface area (Å²) in [6.45, 7) is 15.3. The summed E-state index contributed by atoms with van der Waals surface area (Å²) >= 11 is 0. The molecular formula is C38H42N2O4. The number of carboxylic acid groups (broad SMARTS) is 1. The first kappa shape index (κ1) is 32.1. The number of aromatic nitrogens is 1. The number of aryl methyl sites for hydroxylation is 1. The van der Waals surface area contributed by atoms with Crippen molar-refractivity contribution in [3.63, 3.8) is 0 Å². The van der Waals surface area contributed by atoms with Gasteiger partial charge in [-0.1, -0.05) is 68.4 Å². The third kappa shape index (κ3) is 7.38. The van der Waals surface area contributed by atoms with E-state index in [-0.39, 0.29) is 17.1 Å². The molecule has 228 valence electrons. The molecule has 0 aliphatic rings. The number of ether oxygens (including phenoxy) is 1. The second-order valence-corrected chi connectivity index (χ2v) is 11.6. The minimum atomic E-state index is -0.937. The van der Waals surface area contributed by atoms with Crippen LogP contribution in [-0.2, 0) is 13.1 Å². The first-order valence-corrected chi connectivity index (χ1v) is 15.1. The summed E-state index contributed by atoms with van der Waals surface area (Å²) in [7, 11) is 0. The summed E-state index contributed by atoms with van der Waals surface area (Å²) in [5.41, 5.74) is 7.67. The van der Waals surface area contributed by atoms with Crippen LogP contribution in [0.15, 0.2) is 91.0 Å². The van der Waals surface area contributed by atoms with Crippen LogP contribution in [0.25, 0.3) is 22.0 Å². The van der Waals surface area contributed by atoms with Crippen molar-refractivity contribution in [1.82, 2.24) is 9.88 Å². The Morgan fingerprint density at radius 3 is 2.11 bits per heavy atom. The molecule has 0 fully saturated rings. The lowest BCUT2D eigenvalue weighted by molar-refractivity contribution is 0.0697. The number of nitrogens with one attached hydrogen (secondary N) is 1. The van der Waals surface area contributed by atoms with Gasteiger partial charge in [-0.2, -0.15) is 0 Å². The van der Waals surface area contributed by atoms with Crippen molar-refractivity contribution in [1.29, 1.82) is 0 Å². The van der Waals surface area contributed by atoms with Gasteiger partial charge in [-0.05, 0) is 98.8 Å². The third-order valence-corrected chi connectivity index (χ3v) is 7.46. The van der Waals surface area contributed by atoms with E-state index in [2.05, 4.69) is 23.7 Å². The Bertz CT molecular complexity index is 1760. The van der Waals surface area contributed by atoms with Crippen LogP contribution in [0.4, 0.5) is 0 Å². The molecule has 6 heteroatoms. The largest absolute Gasteiger partial charge is 0.488 e. The molecule has 0 atom stereocenters. The van der Waals surface area contributed by atoms with Crippen LogP contribution in [-0.4, -0.2) is 27.2 Å². The molecule has 0 bridgehead atoms. The van der Waals surface area contributed by atoms with Crippen molar-refractivity contribution < 1.29 is 19.4 Å². The van der Waals surface area contributed by atoms with Gasteiger partial charge in [-0.25, -0.2) is 4.79 Å². The summed E-state index contributed by atoms with van der Waals surface area (Å²) in [5, 5.41) is 13.6. The van der Waals surface area contributed by atoms with E-state index >= 15 is 0 Å². The normalized spacial score (nSPS) is 11.1. The fourth-order valence-electron chi connectivity index (χ4n) is 5.20.